The summed E-state index contributed by atoms with van der Waals surface area (Å²) in [5.74, 6) is -0.0831. The van der Waals surface area contributed by atoms with Crippen LogP contribution < -0.4 is 10.2 Å². The Bertz CT molecular complexity index is 936. The average Bonchev–Trinajstić information content (AvgIpc) is 3.06. The van der Waals surface area contributed by atoms with E-state index in [2.05, 4.69) is 30.5 Å². The van der Waals surface area contributed by atoms with E-state index in [4.69, 9.17) is 23.2 Å². The largest absolute Gasteiger partial charge is 0.361 e. The normalized spacial score (nSPS) is 12.5. The molecule has 3 N–H and O–H groups in total. The molecule has 2 aromatic carbocycles. The van der Waals surface area contributed by atoms with Crippen LogP contribution in [-0.4, -0.2) is 38.1 Å². The first kappa shape index (κ1) is 19.7. The summed E-state index contributed by atoms with van der Waals surface area (Å²) in [6, 6.07) is 13.7. The predicted octanol–water partition coefficient (Wildman–Crippen LogP) is 3.26. The molecule has 0 bridgehead atoms. The molecule has 0 radical (unpaired) electrons. The number of H-pyrrole nitrogens is 1. The molecule has 1 heterocycles. The van der Waals surface area contributed by atoms with Gasteiger partial charge >= 0.3 is 0 Å². The van der Waals surface area contributed by atoms with E-state index >= 15 is 0 Å². The maximum atomic E-state index is 12.6. The van der Waals surface area contributed by atoms with Crippen LogP contribution in [-0.2, 0) is 4.79 Å². The van der Waals surface area contributed by atoms with Crippen LogP contribution in [0.3, 0.4) is 0 Å². The Labute approximate surface area is 169 Å². The molecule has 0 saturated heterocycles. The summed E-state index contributed by atoms with van der Waals surface area (Å²) in [7, 11) is 4.13. The van der Waals surface area contributed by atoms with E-state index in [1.807, 2.05) is 36.5 Å². The maximum absolute atomic E-state index is 12.6. The third kappa shape index (κ3) is 4.83. The smallest absolute Gasteiger partial charge is 0.221 e. The summed E-state index contributed by atoms with van der Waals surface area (Å²) >= 11 is 12.3. The van der Waals surface area contributed by atoms with Crippen molar-refractivity contribution in [2.24, 2.45) is 0 Å². The number of carbonyl (C=O) groups is 1. The van der Waals surface area contributed by atoms with Crippen LogP contribution in [0.25, 0.3) is 10.9 Å². The summed E-state index contributed by atoms with van der Waals surface area (Å²) in [5.41, 5.74) is 3.11. The second kappa shape index (κ2) is 8.79. The van der Waals surface area contributed by atoms with Gasteiger partial charge in [-0.3, -0.25) is 4.79 Å². The molecule has 1 amide bonds. The molecule has 0 saturated carbocycles. The molecule has 3 rings (SSSR count). The van der Waals surface area contributed by atoms with Crippen molar-refractivity contribution in [2.45, 2.75) is 12.3 Å². The Morgan fingerprint density at radius 1 is 1.15 bits per heavy atom. The SMILES string of the molecule is C[NH+](C)CCNC(=O)C[C@@H](c1ccc(Cl)c(Cl)c1)c1c[nH]c2ccccc12. The highest BCUT2D eigenvalue weighted by atomic mass is 35.5. The number of aromatic amines is 1. The number of amides is 1. The fourth-order valence-corrected chi connectivity index (χ4v) is 3.53. The summed E-state index contributed by atoms with van der Waals surface area (Å²) in [6.45, 7) is 1.54. The van der Waals surface area contributed by atoms with Gasteiger partial charge in [-0.05, 0) is 29.3 Å². The Kier molecular flexibility index (Phi) is 6.42. The van der Waals surface area contributed by atoms with Crippen LogP contribution in [0.15, 0.2) is 48.7 Å². The minimum Gasteiger partial charge on any atom is -0.361 e. The summed E-state index contributed by atoms with van der Waals surface area (Å²) in [5, 5.41) is 5.14. The molecular formula is C21H24Cl2N3O+. The second-order valence-electron chi connectivity index (χ2n) is 7.03. The van der Waals surface area contributed by atoms with Crippen LogP contribution in [0, 0.1) is 0 Å². The van der Waals surface area contributed by atoms with Gasteiger partial charge in [-0.25, -0.2) is 0 Å². The van der Waals surface area contributed by atoms with Gasteiger partial charge in [-0.15, -0.1) is 0 Å². The van der Waals surface area contributed by atoms with Gasteiger partial charge in [0.2, 0.25) is 5.91 Å². The standard InChI is InChI=1S/C21H23Cl2N3O/c1-26(2)10-9-24-21(27)12-16(14-7-8-18(22)19(23)11-14)17-13-25-20-6-4-3-5-15(17)20/h3-8,11,13,16,25H,9-10,12H2,1-2H3,(H,24,27)/p+1/t16-/m0/s1. The first-order valence-corrected chi connectivity index (χ1v) is 9.78. The Morgan fingerprint density at radius 3 is 2.67 bits per heavy atom. The van der Waals surface area contributed by atoms with Crippen molar-refractivity contribution in [3.05, 3.63) is 69.8 Å². The highest BCUT2D eigenvalue weighted by molar-refractivity contribution is 6.42. The second-order valence-corrected chi connectivity index (χ2v) is 7.84. The van der Waals surface area contributed by atoms with Crippen molar-refractivity contribution in [3.8, 4) is 0 Å². The quantitative estimate of drug-likeness (QED) is 0.555. The molecule has 6 heteroatoms. The Hall–Kier alpha value is -2.01. The number of aromatic nitrogens is 1. The first-order valence-electron chi connectivity index (χ1n) is 9.02. The first-order chi connectivity index (χ1) is 13.0. The lowest BCUT2D eigenvalue weighted by molar-refractivity contribution is -0.856. The highest BCUT2D eigenvalue weighted by Crippen LogP contribution is 2.35. The zero-order valence-electron chi connectivity index (χ0n) is 15.5. The molecular weight excluding hydrogens is 381 g/mol. The fraction of sp³-hybridized carbons (Fsp3) is 0.286. The average molecular weight is 405 g/mol. The molecule has 1 atom stereocenters. The van der Waals surface area contributed by atoms with Crippen LogP contribution >= 0.6 is 23.2 Å². The lowest BCUT2D eigenvalue weighted by atomic mass is 9.88. The molecule has 0 aliphatic rings. The van der Waals surface area contributed by atoms with Gasteiger partial charge in [-0.2, -0.15) is 0 Å². The minimum atomic E-state index is -0.109. The van der Waals surface area contributed by atoms with Crippen molar-refractivity contribution in [1.82, 2.24) is 10.3 Å². The van der Waals surface area contributed by atoms with Crippen molar-refractivity contribution in [2.75, 3.05) is 27.2 Å². The van der Waals surface area contributed by atoms with Gasteiger partial charge in [0.15, 0.2) is 0 Å². The summed E-state index contributed by atoms with van der Waals surface area (Å²) < 4.78 is 0. The number of rotatable bonds is 7. The van der Waals surface area contributed by atoms with E-state index in [-0.39, 0.29) is 11.8 Å². The monoisotopic (exact) mass is 404 g/mol. The number of halogens is 2. The Balaban J connectivity index is 1.91. The van der Waals surface area contributed by atoms with E-state index in [0.29, 0.717) is 23.0 Å². The maximum Gasteiger partial charge on any atom is 0.221 e. The van der Waals surface area contributed by atoms with Gasteiger partial charge in [0.05, 0.1) is 37.2 Å². The lowest BCUT2D eigenvalue weighted by Gasteiger charge is -2.18. The summed E-state index contributed by atoms with van der Waals surface area (Å²) in [4.78, 5) is 17.2. The third-order valence-corrected chi connectivity index (χ3v) is 5.42. The van der Waals surface area contributed by atoms with Crippen molar-refractivity contribution in [3.63, 3.8) is 0 Å². The van der Waals surface area contributed by atoms with Crippen LogP contribution in [0.2, 0.25) is 10.0 Å². The molecule has 4 nitrogen and oxygen atoms in total. The molecule has 27 heavy (non-hydrogen) atoms. The van der Waals surface area contributed by atoms with Crippen LogP contribution in [0.4, 0.5) is 0 Å². The van der Waals surface area contributed by atoms with Crippen LogP contribution in [0.1, 0.15) is 23.5 Å². The Morgan fingerprint density at radius 2 is 1.93 bits per heavy atom. The molecule has 0 aliphatic carbocycles. The molecule has 142 valence electrons. The number of likely N-dealkylation sites (N-methyl/N-ethyl adjacent to an activating group) is 1. The fourth-order valence-electron chi connectivity index (χ4n) is 3.23. The van der Waals surface area contributed by atoms with Gasteiger partial charge in [0, 0.05) is 29.4 Å². The van der Waals surface area contributed by atoms with E-state index in [9.17, 15) is 4.79 Å². The molecule has 1 aromatic heterocycles. The number of fused-ring (bicyclic) bond motifs is 1. The number of nitrogens with one attached hydrogen (secondary N) is 3. The minimum absolute atomic E-state index is 0.0256. The van der Waals surface area contributed by atoms with E-state index < -0.39 is 0 Å². The molecule has 0 spiro atoms. The topological polar surface area (TPSA) is 49.3 Å². The number of hydrogen-bond donors (Lipinski definition) is 3. The van der Waals surface area contributed by atoms with Crippen molar-refractivity contribution >= 4 is 40.0 Å². The third-order valence-electron chi connectivity index (χ3n) is 4.68. The van der Waals surface area contributed by atoms with E-state index in [1.165, 1.54) is 4.90 Å². The molecule has 0 aliphatic heterocycles. The number of quaternary nitrogens is 1. The zero-order chi connectivity index (χ0) is 19.4. The van der Waals surface area contributed by atoms with E-state index in [0.717, 1.165) is 28.6 Å². The molecule has 3 aromatic rings. The number of carbonyl (C=O) groups excluding carboxylic acids is 1. The van der Waals surface area contributed by atoms with E-state index in [1.54, 1.807) is 6.07 Å². The predicted molar refractivity (Wildman–Crippen MR) is 112 cm³/mol. The van der Waals surface area contributed by atoms with Crippen molar-refractivity contribution in [1.29, 1.82) is 0 Å². The summed E-state index contributed by atoms with van der Waals surface area (Å²) in [6.07, 6.45) is 2.33. The highest BCUT2D eigenvalue weighted by Gasteiger charge is 2.22. The van der Waals surface area contributed by atoms with Gasteiger partial charge < -0.3 is 15.2 Å². The number of para-hydroxylation sites is 1. The zero-order valence-corrected chi connectivity index (χ0v) is 17.0. The van der Waals surface area contributed by atoms with Crippen molar-refractivity contribution < 1.29 is 9.69 Å². The van der Waals surface area contributed by atoms with Crippen LogP contribution in [0.5, 0.6) is 0 Å². The number of benzene rings is 2. The lowest BCUT2D eigenvalue weighted by Crippen LogP contribution is -3.06. The molecule has 0 fully saturated rings. The number of hydrogen-bond acceptors (Lipinski definition) is 1. The van der Waals surface area contributed by atoms with Gasteiger partial charge in [-0.1, -0.05) is 47.5 Å². The van der Waals surface area contributed by atoms with Gasteiger partial charge in [0.1, 0.15) is 0 Å². The molecule has 0 unspecified atom stereocenters. The van der Waals surface area contributed by atoms with Gasteiger partial charge in [0.25, 0.3) is 0 Å².